The molecule has 0 saturated heterocycles. The van der Waals surface area contributed by atoms with Gasteiger partial charge in [-0.1, -0.05) is 12.2 Å². The van der Waals surface area contributed by atoms with Crippen molar-refractivity contribution in [2.75, 3.05) is 6.54 Å². The van der Waals surface area contributed by atoms with E-state index in [9.17, 15) is 0 Å². The van der Waals surface area contributed by atoms with Crippen LogP contribution in [0.1, 0.15) is 19.3 Å². The molecule has 0 radical (unpaired) electrons. The van der Waals surface area contributed by atoms with Crippen molar-refractivity contribution >= 4 is 6.72 Å². The third-order valence-corrected chi connectivity index (χ3v) is 1.72. The highest BCUT2D eigenvalue weighted by atomic mass is 14.7. The summed E-state index contributed by atoms with van der Waals surface area (Å²) >= 11 is 0. The third-order valence-electron chi connectivity index (χ3n) is 1.72. The summed E-state index contributed by atoms with van der Waals surface area (Å²) < 4.78 is 0. The van der Waals surface area contributed by atoms with Crippen molar-refractivity contribution < 1.29 is 0 Å². The fraction of sp³-hybridized carbons (Fsp3) is 0.625. The van der Waals surface area contributed by atoms with Crippen LogP contribution in [0.3, 0.4) is 0 Å². The Bertz CT molecular complexity index is 116. The second-order valence-electron chi connectivity index (χ2n) is 2.53. The van der Waals surface area contributed by atoms with Crippen LogP contribution in [0.5, 0.6) is 0 Å². The van der Waals surface area contributed by atoms with Crippen molar-refractivity contribution in [1.82, 2.24) is 0 Å². The van der Waals surface area contributed by atoms with E-state index in [1.807, 2.05) is 0 Å². The Labute approximate surface area is 56.5 Å². The monoisotopic (exact) mass is 123 g/mol. The maximum atomic E-state index is 3.86. The number of hydrogen-bond donors (Lipinski definition) is 0. The Morgan fingerprint density at radius 1 is 1.67 bits per heavy atom. The standard InChI is InChI=1S/C8H13N/c1-9-7-8-5-3-2-4-6-8/h3,5,8H,1-2,4,6-7H2. The van der Waals surface area contributed by atoms with Gasteiger partial charge in [0.15, 0.2) is 0 Å². The molecule has 1 rings (SSSR count). The van der Waals surface area contributed by atoms with E-state index in [2.05, 4.69) is 23.9 Å². The molecule has 0 amide bonds. The van der Waals surface area contributed by atoms with Gasteiger partial charge in [-0.2, -0.15) is 0 Å². The van der Waals surface area contributed by atoms with Crippen LogP contribution in [0.15, 0.2) is 17.1 Å². The Kier molecular flexibility index (Phi) is 2.49. The van der Waals surface area contributed by atoms with Crippen molar-refractivity contribution in [2.24, 2.45) is 10.9 Å². The number of allylic oxidation sites excluding steroid dienone is 1. The summed E-state index contributed by atoms with van der Waals surface area (Å²) in [7, 11) is 0. The molecule has 0 fully saturated rings. The van der Waals surface area contributed by atoms with Crippen molar-refractivity contribution in [3.05, 3.63) is 12.2 Å². The van der Waals surface area contributed by atoms with Crippen LogP contribution in [-0.4, -0.2) is 13.3 Å². The Morgan fingerprint density at radius 2 is 2.56 bits per heavy atom. The second kappa shape index (κ2) is 3.44. The maximum absolute atomic E-state index is 3.86. The zero-order valence-corrected chi connectivity index (χ0v) is 5.71. The van der Waals surface area contributed by atoms with Gasteiger partial charge in [-0.05, 0) is 31.9 Å². The van der Waals surface area contributed by atoms with E-state index < -0.39 is 0 Å². The van der Waals surface area contributed by atoms with E-state index in [0.717, 1.165) is 6.54 Å². The van der Waals surface area contributed by atoms with Gasteiger partial charge in [0, 0.05) is 6.54 Å². The highest BCUT2D eigenvalue weighted by molar-refractivity contribution is 5.23. The number of nitrogens with zero attached hydrogens (tertiary/aromatic N) is 1. The Morgan fingerprint density at radius 3 is 3.11 bits per heavy atom. The minimum Gasteiger partial charge on any atom is -0.300 e. The summed E-state index contributed by atoms with van der Waals surface area (Å²) in [6, 6.07) is 0. The molecule has 1 aliphatic rings. The largest absolute Gasteiger partial charge is 0.300 e. The molecule has 0 N–H and O–H groups in total. The molecule has 1 nitrogen and oxygen atoms in total. The molecule has 0 spiro atoms. The molecule has 1 unspecified atom stereocenters. The predicted octanol–water partition coefficient (Wildman–Crippen LogP) is 2.04. The van der Waals surface area contributed by atoms with Crippen LogP contribution < -0.4 is 0 Å². The molecule has 50 valence electrons. The number of rotatable bonds is 2. The number of hydrogen-bond acceptors (Lipinski definition) is 1. The van der Waals surface area contributed by atoms with Crippen molar-refractivity contribution in [3.63, 3.8) is 0 Å². The normalized spacial score (nSPS) is 26.0. The van der Waals surface area contributed by atoms with Crippen LogP contribution >= 0.6 is 0 Å². The summed E-state index contributed by atoms with van der Waals surface area (Å²) in [5.74, 6) is 0.691. The van der Waals surface area contributed by atoms with Gasteiger partial charge in [0.05, 0.1) is 0 Å². The zero-order valence-electron chi connectivity index (χ0n) is 5.71. The lowest BCUT2D eigenvalue weighted by Gasteiger charge is -2.12. The van der Waals surface area contributed by atoms with E-state index in [1.54, 1.807) is 0 Å². The number of aliphatic imine (C=N–C) groups is 1. The van der Waals surface area contributed by atoms with E-state index in [0.29, 0.717) is 5.92 Å². The third kappa shape index (κ3) is 2.00. The van der Waals surface area contributed by atoms with E-state index in [4.69, 9.17) is 0 Å². The highest BCUT2D eigenvalue weighted by Crippen LogP contribution is 2.16. The summed E-state index contributed by atoms with van der Waals surface area (Å²) in [6.45, 7) is 4.38. The molecule has 0 saturated carbocycles. The van der Waals surface area contributed by atoms with Gasteiger partial charge >= 0.3 is 0 Å². The fourth-order valence-electron chi connectivity index (χ4n) is 1.20. The molecule has 1 aliphatic carbocycles. The molecule has 0 bridgehead atoms. The summed E-state index contributed by atoms with van der Waals surface area (Å²) in [6.07, 6.45) is 8.40. The molecule has 1 heteroatoms. The molecule has 0 aliphatic heterocycles. The van der Waals surface area contributed by atoms with Crippen LogP contribution in [0, 0.1) is 5.92 Å². The van der Waals surface area contributed by atoms with Gasteiger partial charge < -0.3 is 4.99 Å². The predicted molar refractivity (Wildman–Crippen MR) is 40.9 cm³/mol. The first-order chi connectivity index (χ1) is 4.43. The van der Waals surface area contributed by atoms with E-state index in [-0.39, 0.29) is 0 Å². The maximum Gasteiger partial charge on any atom is 0.0444 e. The van der Waals surface area contributed by atoms with Crippen LogP contribution in [0.25, 0.3) is 0 Å². The van der Waals surface area contributed by atoms with Crippen molar-refractivity contribution in [1.29, 1.82) is 0 Å². The van der Waals surface area contributed by atoms with Gasteiger partial charge in [-0.15, -0.1) is 0 Å². The van der Waals surface area contributed by atoms with Crippen LogP contribution in [-0.2, 0) is 0 Å². The summed E-state index contributed by atoms with van der Waals surface area (Å²) in [5.41, 5.74) is 0. The first kappa shape index (κ1) is 6.53. The minimum atomic E-state index is 0.691. The molecule has 1 atom stereocenters. The van der Waals surface area contributed by atoms with Gasteiger partial charge in [0.1, 0.15) is 0 Å². The van der Waals surface area contributed by atoms with Crippen molar-refractivity contribution in [3.8, 4) is 0 Å². The fourth-order valence-corrected chi connectivity index (χ4v) is 1.20. The molecule has 0 aromatic carbocycles. The van der Waals surface area contributed by atoms with E-state index >= 15 is 0 Å². The summed E-state index contributed by atoms with van der Waals surface area (Å²) in [4.78, 5) is 3.86. The molecular weight excluding hydrogens is 110 g/mol. The topological polar surface area (TPSA) is 12.4 Å². The lowest BCUT2D eigenvalue weighted by Crippen LogP contribution is -2.03. The first-order valence-corrected chi connectivity index (χ1v) is 3.52. The van der Waals surface area contributed by atoms with Gasteiger partial charge in [0.25, 0.3) is 0 Å². The highest BCUT2D eigenvalue weighted by Gasteiger charge is 2.05. The van der Waals surface area contributed by atoms with Crippen LogP contribution in [0.2, 0.25) is 0 Å². The lowest BCUT2D eigenvalue weighted by atomic mass is 9.96. The molecule has 0 aromatic heterocycles. The van der Waals surface area contributed by atoms with Crippen molar-refractivity contribution in [2.45, 2.75) is 19.3 Å². The Hall–Kier alpha value is -0.590. The molecule has 0 heterocycles. The SMILES string of the molecule is C=NCC1C=CCCC1. The van der Waals surface area contributed by atoms with Crippen LogP contribution in [0.4, 0.5) is 0 Å². The average Bonchev–Trinajstić information content (AvgIpc) is 1.91. The zero-order chi connectivity index (χ0) is 6.53. The molecular formula is C8H13N. The molecule has 9 heavy (non-hydrogen) atoms. The van der Waals surface area contributed by atoms with E-state index in [1.165, 1.54) is 19.3 Å². The molecule has 0 aromatic rings. The smallest absolute Gasteiger partial charge is 0.0444 e. The quantitative estimate of drug-likeness (QED) is 0.393. The van der Waals surface area contributed by atoms with Gasteiger partial charge in [-0.25, -0.2) is 0 Å². The lowest BCUT2D eigenvalue weighted by molar-refractivity contribution is 0.552. The summed E-state index contributed by atoms with van der Waals surface area (Å²) in [5, 5.41) is 0. The first-order valence-electron chi connectivity index (χ1n) is 3.52. The van der Waals surface area contributed by atoms with Gasteiger partial charge in [-0.3, -0.25) is 0 Å². The average molecular weight is 123 g/mol. The minimum absolute atomic E-state index is 0.691. The second-order valence-corrected chi connectivity index (χ2v) is 2.53. The Balaban J connectivity index is 2.31. The van der Waals surface area contributed by atoms with Gasteiger partial charge in [0.2, 0.25) is 0 Å².